The average molecular weight is 547 g/mol. The fraction of sp³-hybridized carbons (Fsp3) is 0.538. The Morgan fingerprint density at radius 3 is 2.46 bits per heavy atom. The number of pyridine rings is 1. The summed E-state index contributed by atoms with van der Waals surface area (Å²) in [5.74, 6) is 0.233. The van der Waals surface area contributed by atoms with Gasteiger partial charge in [0.1, 0.15) is 11.6 Å². The normalized spacial score (nSPS) is 23.7. The Balaban J connectivity index is 1.18. The summed E-state index contributed by atoms with van der Waals surface area (Å²) >= 11 is 6.28. The Hall–Kier alpha value is -2.56. The lowest BCUT2D eigenvalue weighted by atomic mass is 9.93. The summed E-state index contributed by atoms with van der Waals surface area (Å²) in [4.78, 5) is 21.6. The van der Waals surface area contributed by atoms with E-state index < -0.39 is 27.6 Å². The van der Waals surface area contributed by atoms with Crippen LogP contribution >= 0.6 is 11.6 Å². The smallest absolute Gasteiger partial charge is 0.281 e. The highest BCUT2D eigenvalue weighted by Crippen LogP contribution is 2.54. The zero-order chi connectivity index (χ0) is 25.8. The third kappa shape index (κ3) is 4.98. The van der Waals surface area contributed by atoms with Gasteiger partial charge in [-0.05, 0) is 61.8 Å². The average Bonchev–Trinajstić information content (AvgIpc) is 3.78. The van der Waals surface area contributed by atoms with E-state index in [-0.39, 0.29) is 5.03 Å². The minimum Gasteiger partial charge on any atom is -0.475 e. The number of piperidine rings is 1. The Labute approximate surface area is 221 Å². The third-order valence-electron chi connectivity index (χ3n) is 8.17. The molecule has 1 amide bonds. The minimum atomic E-state index is -4.22. The number of β-amino-alcohol motifs (C(OH)–C–C–N with tert-alkyl or cyclic N) is 1. The van der Waals surface area contributed by atoms with Gasteiger partial charge in [-0.25, -0.2) is 9.71 Å². The van der Waals surface area contributed by atoms with Crippen molar-refractivity contribution in [1.29, 1.82) is 0 Å². The molecular weight excluding hydrogens is 516 g/mol. The fourth-order valence-corrected chi connectivity index (χ4v) is 6.54. The number of ether oxygens (including phenoxy) is 1. The second kappa shape index (κ2) is 9.03. The largest absolute Gasteiger partial charge is 0.475 e. The van der Waals surface area contributed by atoms with Crippen LogP contribution in [-0.2, 0) is 14.8 Å². The fourth-order valence-electron chi connectivity index (χ4n) is 5.38. The van der Waals surface area contributed by atoms with Crippen molar-refractivity contribution in [1.82, 2.24) is 9.71 Å². The van der Waals surface area contributed by atoms with Crippen LogP contribution in [0.3, 0.4) is 0 Å². The van der Waals surface area contributed by atoms with Crippen molar-refractivity contribution in [2.24, 2.45) is 5.41 Å². The molecule has 6 rings (SSSR count). The van der Waals surface area contributed by atoms with Crippen molar-refractivity contribution in [2.75, 3.05) is 36.0 Å². The predicted octanol–water partition coefficient (Wildman–Crippen LogP) is 3.10. The van der Waals surface area contributed by atoms with Gasteiger partial charge in [0, 0.05) is 50.1 Å². The summed E-state index contributed by atoms with van der Waals surface area (Å²) in [6.07, 6.45) is 5.83. The number of anilines is 2. The quantitative estimate of drug-likeness (QED) is 0.545. The number of nitrogens with one attached hydrogen (secondary N) is 1. The molecule has 0 bridgehead atoms. The van der Waals surface area contributed by atoms with Crippen molar-refractivity contribution in [2.45, 2.75) is 61.7 Å². The van der Waals surface area contributed by atoms with Crippen molar-refractivity contribution >= 4 is 39.0 Å². The van der Waals surface area contributed by atoms with E-state index in [1.54, 1.807) is 18.2 Å². The van der Waals surface area contributed by atoms with Gasteiger partial charge in [0.2, 0.25) is 0 Å². The van der Waals surface area contributed by atoms with Crippen molar-refractivity contribution in [3.8, 4) is 5.75 Å². The lowest BCUT2D eigenvalue weighted by Gasteiger charge is -2.35. The zero-order valence-electron chi connectivity index (χ0n) is 20.5. The van der Waals surface area contributed by atoms with E-state index in [0.717, 1.165) is 31.6 Å². The molecule has 0 radical (unpaired) electrons. The molecular formula is C26H31ClN4O5S. The number of aliphatic hydroxyl groups is 1. The SMILES string of the molecule is O=C(NS(=O)(=O)c1cccc(N2CC[C@H](O)C2)n1)C1(Oc2cc(Cl)ccc2N2CCC3(CC2)CC3)CC1. The van der Waals surface area contributed by atoms with Crippen LogP contribution in [0.1, 0.15) is 44.9 Å². The number of carbonyl (C=O) groups is 1. The maximum absolute atomic E-state index is 13.2. The highest BCUT2D eigenvalue weighted by atomic mass is 35.5. The third-order valence-corrected chi connectivity index (χ3v) is 9.63. The number of amides is 1. The maximum Gasteiger partial charge on any atom is 0.281 e. The first-order valence-corrected chi connectivity index (χ1v) is 14.7. The van der Waals surface area contributed by atoms with Crippen LogP contribution in [0, 0.1) is 5.41 Å². The van der Waals surface area contributed by atoms with E-state index in [2.05, 4.69) is 14.6 Å². The van der Waals surface area contributed by atoms with E-state index in [0.29, 0.717) is 54.4 Å². The number of halogens is 1. The molecule has 11 heteroatoms. The summed E-state index contributed by atoms with van der Waals surface area (Å²) < 4.78 is 34.6. The maximum atomic E-state index is 13.2. The van der Waals surface area contributed by atoms with E-state index in [4.69, 9.17) is 16.3 Å². The van der Waals surface area contributed by atoms with Gasteiger partial charge in [0.15, 0.2) is 10.6 Å². The molecule has 2 aliphatic heterocycles. The van der Waals surface area contributed by atoms with Gasteiger partial charge in [0.05, 0.1) is 11.8 Å². The van der Waals surface area contributed by atoms with Crippen molar-refractivity contribution < 1.29 is 23.1 Å². The summed E-state index contributed by atoms with van der Waals surface area (Å²) in [6, 6.07) is 10.1. The molecule has 2 aliphatic carbocycles. The summed E-state index contributed by atoms with van der Waals surface area (Å²) in [6.45, 7) is 2.81. The van der Waals surface area contributed by atoms with E-state index in [1.807, 2.05) is 17.0 Å². The van der Waals surface area contributed by atoms with Crippen molar-refractivity contribution in [3.63, 3.8) is 0 Å². The zero-order valence-corrected chi connectivity index (χ0v) is 22.1. The molecule has 1 atom stereocenters. The number of nitrogens with zero attached hydrogens (tertiary/aromatic N) is 3. The first-order chi connectivity index (χ1) is 17.7. The Morgan fingerprint density at radius 1 is 1.05 bits per heavy atom. The molecule has 2 saturated heterocycles. The predicted molar refractivity (Wildman–Crippen MR) is 140 cm³/mol. The lowest BCUT2D eigenvalue weighted by molar-refractivity contribution is -0.127. The van der Waals surface area contributed by atoms with E-state index >= 15 is 0 Å². The highest BCUT2D eigenvalue weighted by molar-refractivity contribution is 7.90. The number of rotatable bonds is 7. The summed E-state index contributed by atoms with van der Waals surface area (Å²) in [7, 11) is -4.22. The number of sulfonamides is 1. The van der Waals surface area contributed by atoms with Crippen LogP contribution in [0.2, 0.25) is 5.02 Å². The monoisotopic (exact) mass is 546 g/mol. The summed E-state index contributed by atoms with van der Waals surface area (Å²) in [5.41, 5.74) is 0.135. The van der Waals surface area contributed by atoms with Gasteiger partial charge < -0.3 is 19.6 Å². The molecule has 198 valence electrons. The first-order valence-electron chi connectivity index (χ1n) is 12.9. The molecule has 4 fully saturated rings. The summed E-state index contributed by atoms with van der Waals surface area (Å²) in [5, 5.41) is 10.0. The number of hydrogen-bond donors (Lipinski definition) is 2. The van der Waals surface area contributed by atoms with Crippen LogP contribution in [0.5, 0.6) is 5.75 Å². The molecule has 37 heavy (non-hydrogen) atoms. The Bertz CT molecular complexity index is 1320. The highest BCUT2D eigenvalue weighted by Gasteiger charge is 2.55. The molecule has 1 spiro atoms. The minimum absolute atomic E-state index is 0.249. The Kier molecular flexibility index (Phi) is 6.04. The van der Waals surface area contributed by atoms with Crippen LogP contribution in [-0.4, -0.2) is 62.3 Å². The van der Waals surface area contributed by atoms with Crippen molar-refractivity contribution in [3.05, 3.63) is 41.4 Å². The molecule has 4 aliphatic rings. The molecule has 0 unspecified atom stereocenters. The molecule has 1 aromatic carbocycles. The molecule has 2 N–H and O–H groups in total. The standard InChI is InChI=1S/C26H31ClN4O5S/c27-18-4-5-20(30-14-11-25(7-8-25)12-15-30)21(16-18)36-26(9-10-26)24(33)29-37(34,35)23-3-1-2-22(28-23)31-13-6-19(32)17-31/h1-5,16,19,32H,6-15,17H2,(H,29,33)/t19-/m0/s1. The van der Waals surface area contributed by atoms with Gasteiger partial charge in [0.25, 0.3) is 15.9 Å². The molecule has 1 aromatic heterocycles. The molecule has 2 aromatic rings. The van der Waals surface area contributed by atoms with Crippen LogP contribution in [0.25, 0.3) is 0 Å². The number of hydrogen-bond acceptors (Lipinski definition) is 8. The van der Waals surface area contributed by atoms with E-state index in [9.17, 15) is 18.3 Å². The first kappa shape index (κ1) is 24.8. The van der Waals surface area contributed by atoms with Gasteiger partial charge >= 0.3 is 0 Å². The van der Waals surface area contributed by atoms with Crippen LogP contribution < -0.4 is 19.3 Å². The Morgan fingerprint density at radius 2 is 1.81 bits per heavy atom. The van der Waals surface area contributed by atoms with Crippen LogP contribution in [0.4, 0.5) is 11.5 Å². The van der Waals surface area contributed by atoms with Gasteiger partial charge in [-0.1, -0.05) is 17.7 Å². The van der Waals surface area contributed by atoms with Crippen LogP contribution in [0.15, 0.2) is 41.4 Å². The number of aromatic nitrogens is 1. The molecule has 9 nitrogen and oxygen atoms in total. The van der Waals surface area contributed by atoms with Gasteiger partial charge in [-0.2, -0.15) is 8.42 Å². The number of benzene rings is 1. The topological polar surface area (TPSA) is 112 Å². The second-order valence-electron chi connectivity index (χ2n) is 10.9. The number of aliphatic hydroxyl groups excluding tert-OH is 1. The lowest BCUT2D eigenvalue weighted by Crippen LogP contribution is -2.44. The molecule has 3 heterocycles. The number of carbonyl (C=O) groups excluding carboxylic acids is 1. The van der Waals surface area contributed by atoms with Gasteiger partial charge in [-0.3, -0.25) is 4.79 Å². The molecule has 2 saturated carbocycles. The van der Waals surface area contributed by atoms with Gasteiger partial charge in [-0.15, -0.1) is 0 Å². The second-order valence-corrected chi connectivity index (χ2v) is 12.9. The van der Waals surface area contributed by atoms with E-state index in [1.165, 1.54) is 18.9 Å².